The fourth-order valence-corrected chi connectivity index (χ4v) is 3.97. The number of rotatable bonds is 4. The fraction of sp³-hybridized carbons (Fsp3) is 1.00. The van der Waals surface area contributed by atoms with Gasteiger partial charge in [-0.25, -0.2) is 0 Å². The van der Waals surface area contributed by atoms with Crippen LogP contribution in [0, 0.1) is 16.7 Å². The zero-order valence-corrected chi connectivity index (χ0v) is 10.9. The van der Waals surface area contributed by atoms with E-state index in [0.29, 0.717) is 10.8 Å². The summed E-state index contributed by atoms with van der Waals surface area (Å²) in [4.78, 5) is 0. The minimum atomic E-state index is 0.561. The molecule has 88 valence electrons. The number of unbranched alkanes of at least 4 members (excludes halogenated alkanes) is 1. The van der Waals surface area contributed by atoms with Gasteiger partial charge in [-0.2, -0.15) is 0 Å². The van der Waals surface area contributed by atoms with Crippen molar-refractivity contribution in [1.82, 2.24) is 5.32 Å². The molecule has 2 rings (SSSR count). The van der Waals surface area contributed by atoms with E-state index in [1.54, 1.807) is 0 Å². The highest BCUT2D eigenvalue weighted by atomic mass is 15.0. The zero-order chi connectivity index (χ0) is 11.1. The first-order chi connectivity index (χ1) is 7.02. The third kappa shape index (κ3) is 1.54. The molecule has 0 heterocycles. The molecule has 1 nitrogen and oxygen atoms in total. The minimum Gasteiger partial charge on any atom is -0.313 e. The van der Waals surface area contributed by atoms with E-state index in [0.717, 1.165) is 12.0 Å². The normalized spacial score (nSPS) is 42.4. The standard InChI is InChI=1S/C14H27N/c1-5-6-9-15-12-10-11-7-8-14(12,4)13(11,2)3/h11-12,15H,5-10H2,1-4H3. The smallest absolute Gasteiger partial charge is 0.0129 e. The molecule has 0 aromatic rings. The van der Waals surface area contributed by atoms with Gasteiger partial charge in [0.25, 0.3) is 0 Å². The summed E-state index contributed by atoms with van der Waals surface area (Å²) in [5.41, 5.74) is 1.13. The van der Waals surface area contributed by atoms with Crippen LogP contribution in [0.4, 0.5) is 0 Å². The molecule has 2 aliphatic rings. The van der Waals surface area contributed by atoms with Crippen molar-refractivity contribution in [2.24, 2.45) is 16.7 Å². The van der Waals surface area contributed by atoms with Gasteiger partial charge in [-0.3, -0.25) is 0 Å². The number of nitrogens with one attached hydrogen (secondary N) is 1. The Morgan fingerprint density at radius 2 is 2.00 bits per heavy atom. The molecular weight excluding hydrogens is 182 g/mol. The molecule has 0 saturated heterocycles. The molecule has 2 aliphatic carbocycles. The monoisotopic (exact) mass is 209 g/mol. The van der Waals surface area contributed by atoms with Crippen molar-refractivity contribution in [3.05, 3.63) is 0 Å². The van der Waals surface area contributed by atoms with E-state index in [1.165, 1.54) is 38.6 Å². The summed E-state index contributed by atoms with van der Waals surface area (Å²) in [6, 6.07) is 0.790. The number of fused-ring (bicyclic) bond motifs is 2. The summed E-state index contributed by atoms with van der Waals surface area (Å²) in [6.07, 6.45) is 6.97. The predicted octanol–water partition coefficient (Wildman–Crippen LogP) is 3.59. The van der Waals surface area contributed by atoms with Crippen molar-refractivity contribution in [3.63, 3.8) is 0 Å². The highest BCUT2D eigenvalue weighted by molar-refractivity contribution is 5.12. The average molecular weight is 209 g/mol. The van der Waals surface area contributed by atoms with Crippen molar-refractivity contribution in [3.8, 4) is 0 Å². The van der Waals surface area contributed by atoms with Gasteiger partial charge < -0.3 is 5.32 Å². The highest BCUT2D eigenvalue weighted by Crippen LogP contribution is 2.65. The molecule has 1 N–H and O–H groups in total. The van der Waals surface area contributed by atoms with Crippen LogP contribution in [0.25, 0.3) is 0 Å². The summed E-state index contributed by atoms with van der Waals surface area (Å²) in [6.45, 7) is 11.0. The highest BCUT2D eigenvalue weighted by Gasteiger charge is 2.60. The van der Waals surface area contributed by atoms with Crippen molar-refractivity contribution in [2.45, 2.75) is 65.8 Å². The van der Waals surface area contributed by atoms with E-state index in [2.05, 4.69) is 33.0 Å². The quantitative estimate of drug-likeness (QED) is 0.698. The maximum atomic E-state index is 3.81. The van der Waals surface area contributed by atoms with Crippen molar-refractivity contribution in [1.29, 1.82) is 0 Å². The van der Waals surface area contributed by atoms with E-state index in [-0.39, 0.29) is 0 Å². The van der Waals surface area contributed by atoms with Gasteiger partial charge in [0.1, 0.15) is 0 Å². The summed E-state index contributed by atoms with van der Waals surface area (Å²) in [5.74, 6) is 0.974. The zero-order valence-electron chi connectivity index (χ0n) is 10.9. The van der Waals surface area contributed by atoms with Gasteiger partial charge in [-0.05, 0) is 49.0 Å². The predicted molar refractivity (Wildman–Crippen MR) is 65.9 cm³/mol. The van der Waals surface area contributed by atoms with Gasteiger partial charge in [0.2, 0.25) is 0 Å². The van der Waals surface area contributed by atoms with Gasteiger partial charge in [-0.1, -0.05) is 34.1 Å². The van der Waals surface area contributed by atoms with Crippen LogP contribution in [0.5, 0.6) is 0 Å². The van der Waals surface area contributed by atoms with E-state index in [1.807, 2.05) is 0 Å². The molecule has 0 aromatic carbocycles. The van der Waals surface area contributed by atoms with Crippen LogP contribution in [0.1, 0.15) is 59.8 Å². The van der Waals surface area contributed by atoms with E-state index >= 15 is 0 Å². The lowest BCUT2D eigenvalue weighted by molar-refractivity contribution is 0.121. The SMILES string of the molecule is CCCCNC1CC2CCC1(C)C2(C)C. The van der Waals surface area contributed by atoms with Crippen molar-refractivity contribution in [2.75, 3.05) is 6.54 Å². The molecule has 0 aromatic heterocycles. The first-order valence-corrected chi connectivity index (χ1v) is 6.75. The molecular formula is C14H27N. The maximum Gasteiger partial charge on any atom is 0.0129 e. The molecule has 1 heteroatoms. The largest absolute Gasteiger partial charge is 0.313 e. The van der Waals surface area contributed by atoms with Crippen LogP contribution in [-0.2, 0) is 0 Å². The molecule has 0 radical (unpaired) electrons. The second kappa shape index (κ2) is 3.76. The second-order valence-corrected chi connectivity index (χ2v) is 6.47. The Bertz CT molecular complexity index is 233. The minimum absolute atomic E-state index is 0.561. The third-order valence-electron chi connectivity index (χ3n) is 5.72. The summed E-state index contributed by atoms with van der Waals surface area (Å²) >= 11 is 0. The molecule has 15 heavy (non-hydrogen) atoms. The Labute approximate surface area is 95.0 Å². The summed E-state index contributed by atoms with van der Waals surface area (Å²) in [5, 5.41) is 3.81. The van der Waals surface area contributed by atoms with Gasteiger partial charge in [0, 0.05) is 6.04 Å². The molecule has 3 unspecified atom stereocenters. The fourth-order valence-electron chi connectivity index (χ4n) is 3.97. The molecule has 2 fully saturated rings. The molecule has 0 spiro atoms. The lowest BCUT2D eigenvalue weighted by Crippen LogP contribution is -2.44. The first kappa shape index (κ1) is 11.4. The van der Waals surface area contributed by atoms with Crippen LogP contribution in [0.2, 0.25) is 0 Å². The Kier molecular flexibility index (Phi) is 2.87. The van der Waals surface area contributed by atoms with Gasteiger partial charge >= 0.3 is 0 Å². The van der Waals surface area contributed by atoms with Crippen molar-refractivity contribution < 1.29 is 0 Å². The number of hydrogen-bond acceptors (Lipinski definition) is 1. The molecule has 0 aliphatic heterocycles. The van der Waals surface area contributed by atoms with Crippen LogP contribution >= 0.6 is 0 Å². The molecule has 2 saturated carbocycles. The topological polar surface area (TPSA) is 12.0 Å². The lowest BCUT2D eigenvalue weighted by Gasteiger charge is -2.39. The van der Waals surface area contributed by atoms with E-state index in [4.69, 9.17) is 0 Å². The van der Waals surface area contributed by atoms with Crippen LogP contribution in [-0.4, -0.2) is 12.6 Å². The van der Waals surface area contributed by atoms with Crippen LogP contribution < -0.4 is 5.32 Å². The third-order valence-corrected chi connectivity index (χ3v) is 5.72. The Morgan fingerprint density at radius 3 is 2.47 bits per heavy atom. The lowest BCUT2D eigenvalue weighted by atomic mass is 9.69. The molecule has 0 amide bonds. The Balaban J connectivity index is 1.99. The molecule has 2 bridgehead atoms. The second-order valence-electron chi connectivity index (χ2n) is 6.47. The average Bonchev–Trinajstić information content (AvgIpc) is 2.51. The van der Waals surface area contributed by atoms with Gasteiger partial charge in [-0.15, -0.1) is 0 Å². The summed E-state index contributed by atoms with van der Waals surface area (Å²) in [7, 11) is 0. The van der Waals surface area contributed by atoms with Crippen LogP contribution in [0.15, 0.2) is 0 Å². The van der Waals surface area contributed by atoms with Crippen molar-refractivity contribution >= 4 is 0 Å². The van der Waals surface area contributed by atoms with E-state index in [9.17, 15) is 0 Å². The Hall–Kier alpha value is -0.0400. The molecule has 3 atom stereocenters. The maximum absolute atomic E-state index is 3.81. The number of hydrogen-bond donors (Lipinski definition) is 1. The van der Waals surface area contributed by atoms with Gasteiger partial charge in [0.05, 0.1) is 0 Å². The van der Waals surface area contributed by atoms with Gasteiger partial charge in [0.15, 0.2) is 0 Å². The van der Waals surface area contributed by atoms with E-state index < -0.39 is 0 Å². The van der Waals surface area contributed by atoms with Crippen LogP contribution in [0.3, 0.4) is 0 Å². The first-order valence-electron chi connectivity index (χ1n) is 6.75. The summed E-state index contributed by atoms with van der Waals surface area (Å²) < 4.78 is 0. The Morgan fingerprint density at radius 1 is 1.27 bits per heavy atom.